The molecule has 6 heteroatoms. The van der Waals surface area contributed by atoms with Gasteiger partial charge in [-0.05, 0) is 43.5 Å². The molecule has 1 saturated carbocycles. The summed E-state index contributed by atoms with van der Waals surface area (Å²) in [5, 5.41) is 24.7. The van der Waals surface area contributed by atoms with E-state index in [4.69, 9.17) is 11.6 Å². The normalized spacial score (nSPS) is 28.7. The lowest BCUT2D eigenvalue weighted by Crippen LogP contribution is -2.60. The first-order valence-electron chi connectivity index (χ1n) is 7.67. The molecule has 0 unspecified atom stereocenters. The third kappa shape index (κ3) is 3.43. The maximum absolute atomic E-state index is 12.4. The van der Waals surface area contributed by atoms with Gasteiger partial charge in [0, 0.05) is 36.3 Å². The van der Waals surface area contributed by atoms with Crippen LogP contribution in [0.1, 0.15) is 29.6 Å². The van der Waals surface area contributed by atoms with Gasteiger partial charge < -0.3 is 20.4 Å². The largest absolute Gasteiger partial charge is 0.388 e. The number of β-amino-alcohol motifs (C(OH)–C–C–N with tert-alkyl or cyclic N) is 1. The van der Waals surface area contributed by atoms with Crippen LogP contribution in [0.2, 0.25) is 5.02 Å². The van der Waals surface area contributed by atoms with Crippen molar-refractivity contribution in [3.05, 3.63) is 34.9 Å². The van der Waals surface area contributed by atoms with Crippen LogP contribution in [0.5, 0.6) is 0 Å². The van der Waals surface area contributed by atoms with Crippen molar-refractivity contribution in [1.82, 2.24) is 10.2 Å². The number of amides is 1. The quantitative estimate of drug-likeness (QED) is 0.773. The van der Waals surface area contributed by atoms with Gasteiger partial charge in [-0.25, -0.2) is 0 Å². The Morgan fingerprint density at radius 3 is 2.64 bits per heavy atom. The maximum Gasteiger partial charge on any atom is 0.253 e. The molecule has 2 fully saturated rings. The molecule has 1 aromatic rings. The van der Waals surface area contributed by atoms with Crippen molar-refractivity contribution in [2.75, 3.05) is 19.6 Å². The topological polar surface area (TPSA) is 72.8 Å². The Morgan fingerprint density at radius 1 is 1.36 bits per heavy atom. The first-order chi connectivity index (χ1) is 10.5. The third-order valence-corrected chi connectivity index (χ3v) is 4.73. The molecular weight excluding hydrogens is 304 g/mol. The standard InChI is InChI=1S/C16H21ClN2O3/c17-12-3-1-11(2-4-12)15(21)19-8-7-16(22,14(20)9-19)10-18-13-5-6-13/h1-4,13-14,18,20,22H,5-10H2/t14-,16-/m0/s1. The predicted octanol–water partition coefficient (Wildman–Crippen LogP) is 1.03. The number of rotatable bonds is 4. The number of nitrogens with zero attached hydrogens (tertiary/aromatic N) is 1. The molecule has 0 spiro atoms. The fourth-order valence-electron chi connectivity index (χ4n) is 2.74. The summed E-state index contributed by atoms with van der Waals surface area (Å²) in [6.07, 6.45) is 1.69. The summed E-state index contributed by atoms with van der Waals surface area (Å²) < 4.78 is 0. The van der Waals surface area contributed by atoms with Crippen LogP contribution in [0, 0.1) is 0 Å². The monoisotopic (exact) mass is 324 g/mol. The van der Waals surface area contributed by atoms with E-state index in [0.29, 0.717) is 36.1 Å². The molecule has 1 aliphatic heterocycles. The average Bonchev–Trinajstić information content (AvgIpc) is 3.33. The lowest BCUT2D eigenvalue weighted by Gasteiger charge is -2.42. The number of nitrogens with one attached hydrogen (secondary N) is 1. The molecule has 5 nitrogen and oxygen atoms in total. The Bertz CT molecular complexity index is 547. The van der Waals surface area contributed by atoms with Crippen molar-refractivity contribution in [3.63, 3.8) is 0 Å². The SMILES string of the molecule is O=C(c1ccc(Cl)cc1)N1CC[C@](O)(CNC2CC2)[C@@H](O)C1. The summed E-state index contributed by atoms with van der Waals surface area (Å²) in [7, 11) is 0. The molecule has 2 atom stereocenters. The van der Waals surface area contributed by atoms with Crippen LogP contribution in [0.25, 0.3) is 0 Å². The zero-order valence-electron chi connectivity index (χ0n) is 12.3. The average molecular weight is 325 g/mol. The third-order valence-electron chi connectivity index (χ3n) is 4.48. The summed E-state index contributed by atoms with van der Waals surface area (Å²) in [5.74, 6) is -0.145. The molecule has 0 bridgehead atoms. The molecule has 2 aliphatic rings. The van der Waals surface area contributed by atoms with E-state index in [9.17, 15) is 15.0 Å². The van der Waals surface area contributed by atoms with Crippen molar-refractivity contribution >= 4 is 17.5 Å². The van der Waals surface area contributed by atoms with Crippen molar-refractivity contribution in [2.24, 2.45) is 0 Å². The van der Waals surface area contributed by atoms with Crippen LogP contribution in [0.4, 0.5) is 0 Å². The second kappa shape index (κ2) is 6.16. The molecule has 3 N–H and O–H groups in total. The lowest BCUT2D eigenvalue weighted by molar-refractivity contribution is -0.110. The van der Waals surface area contributed by atoms with Gasteiger partial charge in [0.15, 0.2) is 0 Å². The number of hydrogen-bond donors (Lipinski definition) is 3. The molecular formula is C16H21ClN2O3. The van der Waals surface area contributed by atoms with E-state index >= 15 is 0 Å². The zero-order chi connectivity index (χ0) is 15.7. The molecule has 1 heterocycles. The number of aliphatic hydroxyl groups excluding tert-OH is 1. The number of likely N-dealkylation sites (tertiary alicyclic amines) is 1. The number of hydrogen-bond acceptors (Lipinski definition) is 4. The van der Waals surface area contributed by atoms with Gasteiger partial charge in [0.05, 0.1) is 0 Å². The molecule has 1 amide bonds. The van der Waals surface area contributed by atoms with E-state index in [1.807, 2.05) is 0 Å². The minimum Gasteiger partial charge on any atom is -0.388 e. The highest BCUT2D eigenvalue weighted by atomic mass is 35.5. The molecule has 22 heavy (non-hydrogen) atoms. The highest BCUT2D eigenvalue weighted by Gasteiger charge is 2.42. The summed E-state index contributed by atoms with van der Waals surface area (Å²) in [6, 6.07) is 7.17. The number of piperidine rings is 1. The van der Waals surface area contributed by atoms with E-state index in [0.717, 1.165) is 12.8 Å². The molecule has 1 aliphatic carbocycles. The summed E-state index contributed by atoms with van der Waals surface area (Å²) in [4.78, 5) is 14.0. The van der Waals surface area contributed by atoms with E-state index < -0.39 is 11.7 Å². The number of carbonyl (C=O) groups is 1. The van der Waals surface area contributed by atoms with Crippen molar-refractivity contribution in [1.29, 1.82) is 0 Å². The van der Waals surface area contributed by atoms with E-state index in [-0.39, 0.29) is 12.5 Å². The predicted molar refractivity (Wildman–Crippen MR) is 84.0 cm³/mol. The summed E-state index contributed by atoms with van der Waals surface area (Å²) in [6.45, 7) is 0.952. The van der Waals surface area contributed by atoms with Crippen molar-refractivity contribution < 1.29 is 15.0 Å². The first kappa shape index (κ1) is 15.7. The zero-order valence-corrected chi connectivity index (χ0v) is 13.1. The van der Waals surface area contributed by atoms with Gasteiger partial charge in [0.25, 0.3) is 5.91 Å². The first-order valence-corrected chi connectivity index (χ1v) is 8.04. The van der Waals surface area contributed by atoms with Crippen LogP contribution in [0.15, 0.2) is 24.3 Å². The molecule has 120 valence electrons. The van der Waals surface area contributed by atoms with E-state index in [1.54, 1.807) is 29.2 Å². The molecule has 0 aromatic heterocycles. The van der Waals surface area contributed by atoms with Gasteiger partial charge >= 0.3 is 0 Å². The Morgan fingerprint density at radius 2 is 2.05 bits per heavy atom. The molecule has 3 rings (SSSR count). The fourth-order valence-corrected chi connectivity index (χ4v) is 2.87. The lowest BCUT2D eigenvalue weighted by atomic mass is 9.88. The maximum atomic E-state index is 12.4. The number of benzene rings is 1. The molecule has 0 radical (unpaired) electrons. The Kier molecular flexibility index (Phi) is 4.41. The summed E-state index contributed by atoms with van der Waals surface area (Å²) in [5.41, 5.74) is -0.613. The van der Waals surface area contributed by atoms with E-state index in [1.165, 1.54) is 0 Å². The summed E-state index contributed by atoms with van der Waals surface area (Å²) >= 11 is 5.82. The van der Waals surface area contributed by atoms with Gasteiger partial charge in [-0.2, -0.15) is 0 Å². The number of halogens is 1. The highest BCUT2D eigenvalue weighted by Crippen LogP contribution is 2.26. The van der Waals surface area contributed by atoms with Gasteiger partial charge in [0.2, 0.25) is 0 Å². The van der Waals surface area contributed by atoms with E-state index in [2.05, 4.69) is 5.32 Å². The van der Waals surface area contributed by atoms with Crippen molar-refractivity contribution in [2.45, 2.75) is 37.0 Å². The number of aliphatic hydroxyl groups is 2. The van der Waals surface area contributed by atoms with Crippen LogP contribution in [-0.2, 0) is 0 Å². The van der Waals surface area contributed by atoms with Gasteiger partial charge in [-0.1, -0.05) is 11.6 Å². The Hall–Kier alpha value is -1.14. The molecule has 1 saturated heterocycles. The minimum absolute atomic E-state index is 0.143. The van der Waals surface area contributed by atoms with Gasteiger partial charge in [-0.3, -0.25) is 4.79 Å². The number of carbonyl (C=O) groups excluding carboxylic acids is 1. The molecule has 1 aromatic carbocycles. The van der Waals surface area contributed by atoms with Crippen LogP contribution in [0.3, 0.4) is 0 Å². The van der Waals surface area contributed by atoms with Gasteiger partial charge in [-0.15, -0.1) is 0 Å². The fraction of sp³-hybridized carbons (Fsp3) is 0.562. The van der Waals surface area contributed by atoms with Crippen LogP contribution >= 0.6 is 11.6 Å². The minimum atomic E-state index is -1.15. The van der Waals surface area contributed by atoms with Crippen LogP contribution in [-0.4, -0.2) is 58.4 Å². The second-order valence-corrected chi connectivity index (χ2v) is 6.72. The Balaban J connectivity index is 1.61. The second-order valence-electron chi connectivity index (χ2n) is 6.28. The smallest absolute Gasteiger partial charge is 0.253 e. The van der Waals surface area contributed by atoms with Crippen LogP contribution < -0.4 is 5.32 Å². The van der Waals surface area contributed by atoms with Crippen molar-refractivity contribution in [3.8, 4) is 0 Å². The highest BCUT2D eigenvalue weighted by molar-refractivity contribution is 6.30. The Labute approximate surface area is 134 Å². The van der Waals surface area contributed by atoms with Gasteiger partial charge in [0.1, 0.15) is 11.7 Å².